The van der Waals surface area contributed by atoms with Crippen LogP contribution in [-0.2, 0) is 11.4 Å². The van der Waals surface area contributed by atoms with Gasteiger partial charge in [-0.2, -0.15) is 0 Å². The first-order chi connectivity index (χ1) is 6.72. The van der Waals surface area contributed by atoms with Crippen molar-refractivity contribution in [1.82, 2.24) is 0 Å². The Hall–Kier alpha value is -1.59. The molecule has 0 radical (unpaired) electrons. The Kier molecular flexibility index (Phi) is 3.44. The number of phenolic OH excluding ortho intramolecular Hbond substituents is 1. The van der Waals surface area contributed by atoms with Gasteiger partial charge in [0.05, 0.1) is 13.7 Å². The Balaban J connectivity index is 3.16. The van der Waals surface area contributed by atoms with E-state index in [0.29, 0.717) is 17.4 Å². The van der Waals surface area contributed by atoms with Crippen molar-refractivity contribution in [3.63, 3.8) is 0 Å². The highest BCUT2D eigenvalue weighted by Gasteiger charge is 2.08. The molecule has 1 aromatic carbocycles. The molecule has 14 heavy (non-hydrogen) atoms. The Morgan fingerprint density at radius 1 is 1.57 bits per heavy atom. The molecule has 5 heteroatoms. The summed E-state index contributed by atoms with van der Waals surface area (Å²) in [7, 11) is 1.41. The average molecular weight is 197 g/mol. The highest BCUT2D eigenvalue weighted by Crippen LogP contribution is 2.28. The van der Waals surface area contributed by atoms with E-state index in [-0.39, 0.29) is 18.1 Å². The van der Waals surface area contributed by atoms with Crippen LogP contribution in [-0.4, -0.2) is 18.5 Å². The van der Waals surface area contributed by atoms with Gasteiger partial charge in [0.25, 0.3) is 0 Å². The molecule has 3 N–H and O–H groups in total. The standard InChI is InChI=1S/C9H11NO4/c1-13-9-3-6(4-11)7(5-14-10)2-8(9)12/h2-4,12H,5,10H2,1H3. The molecule has 0 atom stereocenters. The van der Waals surface area contributed by atoms with Gasteiger partial charge in [0.1, 0.15) is 0 Å². The van der Waals surface area contributed by atoms with Crippen LogP contribution in [0.4, 0.5) is 0 Å². The quantitative estimate of drug-likeness (QED) is 0.545. The second-order valence-corrected chi connectivity index (χ2v) is 2.65. The molecule has 0 unspecified atom stereocenters. The van der Waals surface area contributed by atoms with E-state index in [4.69, 9.17) is 10.6 Å². The molecule has 0 aliphatic rings. The molecule has 0 heterocycles. The molecule has 1 rings (SSSR count). The predicted octanol–water partition coefficient (Wildman–Crippen LogP) is 0.604. The highest BCUT2D eigenvalue weighted by molar-refractivity contribution is 5.79. The minimum atomic E-state index is -0.0508. The molecule has 5 nitrogen and oxygen atoms in total. The van der Waals surface area contributed by atoms with Crippen molar-refractivity contribution in [2.45, 2.75) is 6.61 Å². The van der Waals surface area contributed by atoms with Gasteiger partial charge in [-0.05, 0) is 17.7 Å². The first kappa shape index (κ1) is 10.5. The summed E-state index contributed by atoms with van der Waals surface area (Å²) in [5.74, 6) is 5.07. The minimum absolute atomic E-state index is 0.0508. The zero-order chi connectivity index (χ0) is 10.6. The third-order valence-electron chi connectivity index (χ3n) is 1.81. The normalized spacial score (nSPS) is 9.86. The number of hydrogen-bond donors (Lipinski definition) is 2. The summed E-state index contributed by atoms with van der Waals surface area (Å²) in [6, 6.07) is 2.81. The zero-order valence-electron chi connectivity index (χ0n) is 7.69. The number of nitrogens with two attached hydrogens (primary N) is 1. The Morgan fingerprint density at radius 2 is 2.29 bits per heavy atom. The Morgan fingerprint density at radius 3 is 2.79 bits per heavy atom. The second-order valence-electron chi connectivity index (χ2n) is 2.65. The molecule has 0 saturated heterocycles. The smallest absolute Gasteiger partial charge is 0.161 e. The molecule has 0 amide bonds. The fourth-order valence-electron chi connectivity index (χ4n) is 1.12. The molecule has 0 spiro atoms. The van der Waals surface area contributed by atoms with E-state index >= 15 is 0 Å². The largest absolute Gasteiger partial charge is 0.504 e. The second kappa shape index (κ2) is 4.59. The molecule has 0 aliphatic carbocycles. The third-order valence-corrected chi connectivity index (χ3v) is 1.81. The van der Waals surface area contributed by atoms with Crippen LogP contribution in [0, 0.1) is 0 Å². The molecule has 76 valence electrons. The molecule has 0 aliphatic heterocycles. The summed E-state index contributed by atoms with van der Waals surface area (Å²) >= 11 is 0. The number of aromatic hydroxyl groups is 1. The molecule has 1 aromatic rings. The van der Waals surface area contributed by atoms with Crippen LogP contribution >= 0.6 is 0 Å². The molecule has 0 saturated carbocycles. The van der Waals surface area contributed by atoms with Crippen molar-refractivity contribution in [1.29, 1.82) is 0 Å². The fourth-order valence-corrected chi connectivity index (χ4v) is 1.12. The molecule has 0 fully saturated rings. The van der Waals surface area contributed by atoms with E-state index in [2.05, 4.69) is 4.84 Å². The van der Waals surface area contributed by atoms with Crippen LogP contribution in [0.25, 0.3) is 0 Å². The maximum atomic E-state index is 10.6. The van der Waals surface area contributed by atoms with Crippen LogP contribution in [0.5, 0.6) is 11.5 Å². The van der Waals surface area contributed by atoms with Gasteiger partial charge in [0.15, 0.2) is 17.8 Å². The Labute approximate surface area is 81.0 Å². The zero-order valence-corrected chi connectivity index (χ0v) is 7.69. The molecule has 0 bridgehead atoms. The van der Waals surface area contributed by atoms with Crippen molar-refractivity contribution >= 4 is 6.29 Å². The summed E-state index contributed by atoms with van der Waals surface area (Å²) in [5.41, 5.74) is 0.894. The van der Waals surface area contributed by atoms with Crippen LogP contribution < -0.4 is 10.6 Å². The summed E-state index contributed by atoms with van der Waals surface area (Å²) in [5, 5.41) is 9.40. The lowest BCUT2D eigenvalue weighted by molar-refractivity contribution is 0.110. The number of carbonyl (C=O) groups is 1. The van der Waals surface area contributed by atoms with Gasteiger partial charge in [-0.3, -0.25) is 9.63 Å². The number of rotatable bonds is 4. The number of phenols is 1. The van der Waals surface area contributed by atoms with E-state index in [1.54, 1.807) is 0 Å². The van der Waals surface area contributed by atoms with Gasteiger partial charge < -0.3 is 9.84 Å². The number of methoxy groups -OCH3 is 1. The van der Waals surface area contributed by atoms with Gasteiger partial charge in [0.2, 0.25) is 0 Å². The fraction of sp³-hybridized carbons (Fsp3) is 0.222. The van der Waals surface area contributed by atoms with Crippen molar-refractivity contribution < 1.29 is 19.5 Å². The maximum absolute atomic E-state index is 10.6. The predicted molar refractivity (Wildman–Crippen MR) is 49.0 cm³/mol. The summed E-state index contributed by atoms with van der Waals surface area (Å²) in [6.07, 6.45) is 0.649. The van der Waals surface area contributed by atoms with E-state index in [1.807, 2.05) is 0 Å². The Bertz CT molecular complexity index is 338. The topological polar surface area (TPSA) is 81.8 Å². The van der Waals surface area contributed by atoms with Gasteiger partial charge in [-0.1, -0.05) is 0 Å². The number of aldehydes is 1. The molecular formula is C9H11NO4. The van der Waals surface area contributed by atoms with Gasteiger partial charge in [0, 0.05) is 5.56 Å². The van der Waals surface area contributed by atoms with Crippen molar-refractivity contribution in [3.8, 4) is 11.5 Å². The lowest BCUT2D eigenvalue weighted by Gasteiger charge is -2.08. The SMILES string of the molecule is COc1cc(C=O)c(CON)cc1O. The van der Waals surface area contributed by atoms with Crippen LogP contribution in [0.15, 0.2) is 12.1 Å². The van der Waals surface area contributed by atoms with Gasteiger partial charge >= 0.3 is 0 Å². The first-order valence-corrected chi connectivity index (χ1v) is 3.89. The van der Waals surface area contributed by atoms with Crippen LogP contribution in [0.2, 0.25) is 0 Å². The lowest BCUT2D eigenvalue weighted by Crippen LogP contribution is -2.02. The van der Waals surface area contributed by atoms with Crippen molar-refractivity contribution in [2.24, 2.45) is 5.90 Å². The van der Waals surface area contributed by atoms with Gasteiger partial charge in [-0.15, -0.1) is 0 Å². The van der Waals surface area contributed by atoms with Crippen LogP contribution in [0.1, 0.15) is 15.9 Å². The lowest BCUT2D eigenvalue weighted by atomic mass is 10.1. The average Bonchev–Trinajstić information content (AvgIpc) is 2.19. The number of ether oxygens (including phenoxy) is 1. The molecular weight excluding hydrogens is 186 g/mol. The number of hydrogen-bond acceptors (Lipinski definition) is 5. The van der Waals surface area contributed by atoms with E-state index < -0.39 is 0 Å². The van der Waals surface area contributed by atoms with Crippen molar-refractivity contribution in [2.75, 3.05) is 7.11 Å². The first-order valence-electron chi connectivity index (χ1n) is 3.89. The minimum Gasteiger partial charge on any atom is -0.504 e. The highest BCUT2D eigenvalue weighted by atomic mass is 16.6. The van der Waals surface area contributed by atoms with E-state index in [1.165, 1.54) is 19.2 Å². The van der Waals surface area contributed by atoms with E-state index in [0.717, 1.165) is 0 Å². The summed E-state index contributed by atoms with van der Waals surface area (Å²) in [4.78, 5) is 15.0. The maximum Gasteiger partial charge on any atom is 0.161 e. The van der Waals surface area contributed by atoms with E-state index in [9.17, 15) is 9.90 Å². The van der Waals surface area contributed by atoms with Crippen LogP contribution in [0.3, 0.4) is 0 Å². The van der Waals surface area contributed by atoms with Gasteiger partial charge in [-0.25, -0.2) is 5.90 Å². The summed E-state index contributed by atoms with van der Waals surface area (Å²) in [6.45, 7) is 0.0611. The number of carbonyl (C=O) groups excluding carboxylic acids is 1. The third kappa shape index (κ3) is 2.01. The van der Waals surface area contributed by atoms with Crippen molar-refractivity contribution in [3.05, 3.63) is 23.3 Å². The summed E-state index contributed by atoms with van der Waals surface area (Å²) < 4.78 is 4.84. The molecule has 0 aromatic heterocycles. The monoisotopic (exact) mass is 197 g/mol. The number of benzene rings is 1.